The molecule has 0 aliphatic rings. The molecule has 0 saturated heterocycles. The van der Waals surface area contributed by atoms with Crippen molar-refractivity contribution in [3.8, 4) is 28.7 Å². The summed E-state index contributed by atoms with van der Waals surface area (Å²) >= 11 is 1.48. The zero-order valence-electron chi connectivity index (χ0n) is 9.49. The van der Waals surface area contributed by atoms with Crippen LogP contribution in [0.15, 0.2) is 33.6 Å². The van der Waals surface area contributed by atoms with E-state index in [0.717, 1.165) is 11.1 Å². The van der Waals surface area contributed by atoms with Gasteiger partial charge in [-0.2, -0.15) is 4.98 Å². The van der Waals surface area contributed by atoms with Crippen molar-refractivity contribution in [2.75, 3.05) is 0 Å². The zero-order valence-corrected chi connectivity index (χ0v) is 10.3. The van der Waals surface area contributed by atoms with E-state index in [9.17, 15) is 5.11 Å². The minimum Gasteiger partial charge on any atom is -0.508 e. The Morgan fingerprint density at radius 2 is 2.22 bits per heavy atom. The zero-order chi connectivity index (χ0) is 12.5. The highest BCUT2D eigenvalue weighted by Gasteiger charge is 2.13. The maximum atomic E-state index is 9.36. The fourth-order valence-electron chi connectivity index (χ4n) is 1.65. The monoisotopic (exact) mass is 259 g/mol. The van der Waals surface area contributed by atoms with E-state index in [-0.39, 0.29) is 5.75 Å². The first-order chi connectivity index (χ1) is 8.74. The number of aromatic nitrogens is 3. The molecule has 0 saturated carbocycles. The lowest BCUT2D eigenvalue weighted by atomic mass is 10.1. The molecule has 0 amide bonds. The number of phenols is 1. The van der Waals surface area contributed by atoms with Crippen LogP contribution in [0.1, 0.15) is 5.56 Å². The summed E-state index contributed by atoms with van der Waals surface area (Å²) in [7, 11) is 0. The quantitative estimate of drug-likeness (QED) is 0.766. The number of thiazole rings is 1. The Labute approximate surface area is 107 Å². The SMILES string of the molecule is Cc1cc(O)ccc1-c1nc(-c2cscn2)no1. The van der Waals surface area contributed by atoms with Crippen molar-refractivity contribution in [3.63, 3.8) is 0 Å². The highest BCUT2D eigenvalue weighted by Crippen LogP contribution is 2.26. The summed E-state index contributed by atoms with van der Waals surface area (Å²) in [6, 6.07) is 5.00. The van der Waals surface area contributed by atoms with Crippen molar-refractivity contribution in [1.82, 2.24) is 15.1 Å². The molecular formula is C12H9N3O2S. The summed E-state index contributed by atoms with van der Waals surface area (Å²) in [5, 5.41) is 15.1. The van der Waals surface area contributed by atoms with Gasteiger partial charge in [0.25, 0.3) is 5.89 Å². The fourth-order valence-corrected chi connectivity index (χ4v) is 2.18. The Bertz CT molecular complexity index is 676. The second kappa shape index (κ2) is 4.23. The molecule has 0 aliphatic heterocycles. The van der Waals surface area contributed by atoms with Crippen molar-refractivity contribution in [3.05, 3.63) is 34.7 Å². The van der Waals surface area contributed by atoms with Gasteiger partial charge in [0, 0.05) is 10.9 Å². The first-order valence-electron chi connectivity index (χ1n) is 5.26. The van der Waals surface area contributed by atoms with Gasteiger partial charge in [-0.3, -0.25) is 0 Å². The van der Waals surface area contributed by atoms with Crippen molar-refractivity contribution < 1.29 is 9.63 Å². The molecule has 1 aromatic carbocycles. The van der Waals surface area contributed by atoms with Crippen LogP contribution in [0, 0.1) is 6.92 Å². The molecule has 1 N–H and O–H groups in total. The van der Waals surface area contributed by atoms with Gasteiger partial charge in [-0.15, -0.1) is 11.3 Å². The van der Waals surface area contributed by atoms with Crippen LogP contribution in [-0.4, -0.2) is 20.2 Å². The number of hydrogen-bond donors (Lipinski definition) is 1. The molecule has 0 atom stereocenters. The second-order valence-electron chi connectivity index (χ2n) is 3.80. The molecule has 3 aromatic rings. The van der Waals surface area contributed by atoms with Gasteiger partial charge in [0.1, 0.15) is 11.4 Å². The van der Waals surface area contributed by atoms with E-state index >= 15 is 0 Å². The van der Waals surface area contributed by atoms with Gasteiger partial charge >= 0.3 is 0 Å². The third-order valence-electron chi connectivity index (χ3n) is 2.53. The normalized spacial score (nSPS) is 10.7. The first kappa shape index (κ1) is 10.9. The van der Waals surface area contributed by atoms with E-state index in [4.69, 9.17) is 4.52 Å². The van der Waals surface area contributed by atoms with Gasteiger partial charge in [-0.05, 0) is 30.7 Å². The van der Waals surface area contributed by atoms with Crippen LogP contribution >= 0.6 is 11.3 Å². The second-order valence-corrected chi connectivity index (χ2v) is 4.51. The molecule has 0 unspecified atom stereocenters. The first-order valence-corrected chi connectivity index (χ1v) is 6.20. The van der Waals surface area contributed by atoms with E-state index in [2.05, 4.69) is 15.1 Å². The summed E-state index contributed by atoms with van der Waals surface area (Å²) in [6.45, 7) is 1.88. The highest BCUT2D eigenvalue weighted by atomic mass is 32.1. The van der Waals surface area contributed by atoms with E-state index < -0.39 is 0 Å². The summed E-state index contributed by atoms with van der Waals surface area (Å²) in [5.74, 6) is 1.12. The third kappa shape index (κ3) is 1.86. The standard InChI is InChI=1S/C12H9N3O2S/c1-7-4-8(16)2-3-9(7)12-14-11(15-17-12)10-5-18-6-13-10/h2-6,16H,1H3. The van der Waals surface area contributed by atoms with Gasteiger partial charge in [0.05, 0.1) is 5.51 Å². The number of phenolic OH excluding ortho intramolecular Hbond substituents is 1. The summed E-state index contributed by atoms with van der Waals surface area (Å²) < 4.78 is 5.22. The number of aryl methyl sites for hydroxylation is 1. The summed E-state index contributed by atoms with van der Waals surface area (Å²) in [4.78, 5) is 8.42. The van der Waals surface area contributed by atoms with Crippen molar-refractivity contribution in [1.29, 1.82) is 0 Å². The van der Waals surface area contributed by atoms with Gasteiger partial charge in [-0.25, -0.2) is 4.98 Å². The van der Waals surface area contributed by atoms with E-state index in [1.54, 1.807) is 23.7 Å². The molecule has 2 aromatic heterocycles. The minimum atomic E-state index is 0.218. The molecule has 90 valence electrons. The Hall–Kier alpha value is -2.21. The highest BCUT2D eigenvalue weighted by molar-refractivity contribution is 7.07. The number of aromatic hydroxyl groups is 1. The van der Waals surface area contributed by atoms with Crippen molar-refractivity contribution in [2.45, 2.75) is 6.92 Å². The van der Waals surface area contributed by atoms with Gasteiger partial charge in [-0.1, -0.05) is 5.16 Å². The number of benzene rings is 1. The number of hydrogen-bond acceptors (Lipinski definition) is 6. The van der Waals surface area contributed by atoms with Crippen LogP contribution in [-0.2, 0) is 0 Å². The summed E-state index contributed by atoms with van der Waals surface area (Å²) in [5.41, 5.74) is 4.11. The molecule has 2 heterocycles. The maximum absolute atomic E-state index is 9.36. The third-order valence-corrected chi connectivity index (χ3v) is 3.11. The molecule has 3 rings (SSSR count). The number of nitrogens with zero attached hydrogens (tertiary/aromatic N) is 3. The van der Waals surface area contributed by atoms with Crippen LogP contribution in [0.4, 0.5) is 0 Å². The van der Waals surface area contributed by atoms with Crippen LogP contribution in [0.2, 0.25) is 0 Å². The topological polar surface area (TPSA) is 72.0 Å². The van der Waals surface area contributed by atoms with Gasteiger partial charge in [0.15, 0.2) is 0 Å². The largest absolute Gasteiger partial charge is 0.508 e. The van der Waals surface area contributed by atoms with Gasteiger partial charge < -0.3 is 9.63 Å². The molecule has 0 spiro atoms. The Morgan fingerprint density at radius 3 is 2.94 bits per heavy atom. The van der Waals surface area contributed by atoms with Crippen LogP contribution in [0.3, 0.4) is 0 Å². The van der Waals surface area contributed by atoms with Crippen molar-refractivity contribution >= 4 is 11.3 Å². The lowest BCUT2D eigenvalue weighted by molar-refractivity contribution is 0.431. The Balaban J connectivity index is 2.03. The van der Waals surface area contributed by atoms with E-state index in [1.165, 1.54) is 11.3 Å². The molecule has 0 radical (unpaired) electrons. The van der Waals surface area contributed by atoms with E-state index in [1.807, 2.05) is 12.3 Å². The Morgan fingerprint density at radius 1 is 1.33 bits per heavy atom. The molecular weight excluding hydrogens is 250 g/mol. The van der Waals surface area contributed by atoms with Crippen LogP contribution in [0.5, 0.6) is 5.75 Å². The molecule has 0 bridgehead atoms. The fraction of sp³-hybridized carbons (Fsp3) is 0.0833. The minimum absolute atomic E-state index is 0.218. The lowest BCUT2D eigenvalue weighted by Crippen LogP contribution is -1.84. The summed E-state index contributed by atoms with van der Waals surface area (Å²) in [6.07, 6.45) is 0. The molecule has 18 heavy (non-hydrogen) atoms. The average molecular weight is 259 g/mol. The maximum Gasteiger partial charge on any atom is 0.258 e. The molecule has 0 fully saturated rings. The van der Waals surface area contributed by atoms with E-state index in [0.29, 0.717) is 17.4 Å². The molecule has 5 nitrogen and oxygen atoms in total. The average Bonchev–Trinajstić information content (AvgIpc) is 2.99. The van der Waals surface area contributed by atoms with Crippen LogP contribution < -0.4 is 0 Å². The molecule has 6 heteroatoms. The smallest absolute Gasteiger partial charge is 0.258 e. The van der Waals surface area contributed by atoms with Gasteiger partial charge in [0.2, 0.25) is 5.82 Å². The molecule has 0 aliphatic carbocycles. The van der Waals surface area contributed by atoms with Crippen molar-refractivity contribution in [2.24, 2.45) is 0 Å². The predicted octanol–water partition coefficient (Wildman–Crippen LogP) is 2.87. The lowest BCUT2D eigenvalue weighted by Gasteiger charge is -2.00. The Kier molecular flexibility index (Phi) is 2.56. The number of rotatable bonds is 2. The predicted molar refractivity (Wildman–Crippen MR) is 67.2 cm³/mol. The van der Waals surface area contributed by atoms with Crippen LogP contribution in [0.25, 0.3) is 23.0 Å².